The van der Waals surface area contributed by atoms with Gasteiger partial charge in [0.2, 0.25) is 11.8 Å². The number of hydrogen-bond acceptors (Lipinski definition) is 5. The Morgan fingerprint density at radius 1 is 1.18 bits per heavy atom. The molecular weight excluding hydrogens is 428 g/mol. The molecule has 4 rings (SSSR count). The molecule has 3 N–H and O–H groups in total. The Kier molecular flexibility index (Phi) is 7.18. The third kappa shape index (κ3) is 6.17. The number of amides is 2. The first-order chi connectivity index (χ1) is 16.4. The van der Waals surface area contributed by atoms with E-state index in [2.05, 4.69) is 25.8 Å². The molecule has 1 aliphatic carbocycles. The van der Waals surface area contributed by atoms with E-state index < -0.39 is 0 Å². The minimum Gasteiger partial charge on any atom is -0.321 e. The van der Waals surface area contributed by atoms with Crippen molar-refractivity contribution < 1.29 is 9.59 Å². The van der Waals surface area contributed by atoms with Gasteiger partial charge in [-0.2, -0.15) is 5.10 Å². The van der Waals surface area contributed by atoms with Crippen molar-refractivity contribution in [1.82, 2.24) is 20.1 Å². The van der Waals surface area contributed by atoms with E-state index in [0.29, 0.717) is 24.0 Å². The van der Waals surface area contributed by atoms with E-state index in [-0.39, 0.29) is 17.7 Å². The maximum Gasteiger partial charge on any atom is 0.248 e. The summed E-state index contributed by atoms with van der Waals surface area (Å²) in [4.78, 5) is 31.3. The third-order valence-electron chi connectivity index (χ3n) is 5.71. The van der Waals surface area contributed by atoms with Gasteiger partial charge in [0.25, 0.3) is 0 Å². The number of pyridine rings is 1. The monoisotopic (exact) mass is 458 g/mol. The van der Waals surface area contributed by atoms with Crippen LogP contribution < -0.4 is 10.6 Å². The van der Waals surface area contributed by atoms with Gasteiger partial charge in [0.15, 0.2) is 5.82 Å². The average Bonchev–Trinajstić information content (AvgIpc) is 3.57. The van der Waals surface area contributed by atoms with Gasteiger partial charge in [-0.3, -0.25) is 19.7 Å². The summed E-state index contributed by atoms with van der Waals surface area (Å²) in [5, 5.41) is 12.9. The standard InChI is InChI=1S/C26H30N6O2/c1-17(26(34)29-24-15-23(30-31-24)18-9-10-18)19-6-4-7-20(14-19)22-12-11-21(16-27-22)28-25(33)8-5-13-32(2)3/h4-8,11-12,14-18H,9-10,13H2,1-3H3,(H,28,33)(H2,29,30,31,34). The molecule has 1 aromatic carbocycles. The van der Waals surface area contributed by atoms with Crippen molar-refractivity contribution in [3.63, 3.8) is 0 Å². The van der Waals surface area contributed by atoms with Crippen molar-refractivity contribution >= 4 is 23.3 Å². The van der Waals surface area contributed by atoms with E-state index in [1.54, 1.807) is 12.3 Å². The summed E-state index contributed by atoms with van der Waals surface area (Å²) in [7, 11) is 3.88. The van der Waals surface area contributed by atoms with E-state index in [9.17, 15) is 9.59 Å². The summed E-state index contributed by atoms with van der Waals surface area (Å²) in [5.41, 5.74) is 4.25. The van der Waals surface area contributed by atoms with Crippen LogP contribution in [-0.2, 0) is 9.59 Å². The number of nitrogens with one attached hydrogen (secondary N) is 3. The van der Waals surface area contributed by atoms with E-state index in [1.807, 2.05) is 68.4 Å². The van der Waals surface area contributed by atoms with Crippen molar-refractivity contribution in [2.45, 2.75) is 31.6 Å². The number of nitrogens with zero attached hydrogens (tertiary/aromatic N) is 3. The Bertz CT molecular complexity index is 1180. The molecule has 0 saturated heterocycles. The van der Waals surface area contributed by atoms with Gasteiger partial charge < -0.3 is 15.5 Å². The number of anilines is 2. The number of aromatic amines is 1. The zero-order valence-corrected chi connectivity index (χ0v) is 19.7. The normalized spacial score (nSPS) is 14.4. The highest BCUT2D eigenvalue weighted by Gasteiger charge is 2.26. The van der Waals surface area contributed by atoms with Crippen molar-refractivity contribution in [1.29, 1.82) is 0 Å². The van der Waals surface area contributed by atoms with Gasteiger partial charge in [-0.05, 0) is 57.6 Å². The summed E-state index contributed by atoms with van der Waals surface area (Å²) in [5.74, 6) is 0.456. The topological polar surface area (TPSA) is 103 Å². The lowest BCUT2D eigenvalue weighted by Crippen LogP contribution is -2.19. The van der Waals surface area contributed by atoms with Crippen molar-refractivity contribution in [2.75, 3.05) is 31.3 Å². The Labute approximate surface area is 199 Å². The summed E-state index contributed by atoms with van der Waals surface area (Å²) < 4.78 is 0. The van der Waals surface area contributed by atoms with Crippen LogP contribution in [0.15, 0.2) is 60.8 Å². The minimum atomic E-state index is -0.353. The molecular formula is C26H30N6O2. The van der Waals surface area contributed by atoms with Crippen LogP contribution in [0, 0.1) is 0 Å². The summed E-state index contributed by atoms with van der Waals surface area (Å²) in [6.07, 6.45) is 7.30. The van der Waals surface area contributed by atoms with Crippen LogP contribution in [0.1, 0.15) is 42.9 Å². The van der Waals surface area contributed by atoms with Crippen LogP contribution in [0.4, 0.5) is 11.5 Å². The fourth-order valence-corrected chi connectivity index (χ4v) is 3.55. The molecule has 0 aliphatic heterocycles. The van der Waals surface area contributed by atoms with Crippen LogP contribution in [0.3, 0.4) is 0 Å². The first-order valence-electron chi connectivity index (χ1n) is 11.4. The Hall–Kier alpha value is -3.78. The molecule has 34 heavy (non-hydrogen) atoms. The zero-order valence-electron chi connectivity index (χ0n) is 19.7. The second-order valence-electron chi connectivity index (χ2n) is 8.91. The highest BCUT2D eigenvalue weighted by Crippen LogP contribution is 2.39. The number of rotatable bonds is 9. The SMILES string of the molecule is CC(C(=O)Nc1cc(C2CC2)[nH]n1)c1cccc(-c2ccc(NC(=O)C=CCN(C)C)cn2)c1. The van der Waals surface area contributed by atoms with Gasteiger partial charge in [-0.1, -0.05) is 24.3 Å². The van der Waals surface area contributed by atoms with Crippen LogP contribution in [0.2, 0.25) is 0 Å². The van der Waals surface area contributed by atoms with Gasteiger partial charge in [-0.15, -0.1) is 0 Å². The first kappa shape index (κ1) is 23.4. The zero-order chi connectivity index (χ0) is 24.1. The molecule has 1 aliphatic rings. The van der Waals surface area contributed by atoms with Gasteiger partial charge in [0.05, 0.1) is 23.5 Å². The van der Waals surface area contributed by atoms with E-state index in [1.165, 1.54) is 18.9 Å². The largest absolute Gasteiger partial charge is 0.321 e. The smallest absolute Gasteiger partial charge is 0.248 e. The lowest BCUT2D eigenvalue weighted by atomic mass is 9.97. The molecule has 2 amide bonds. The molecule has 176 valence electrons. The molecule has 1 fully saturated rings. The number of likely N-dealkylation sites (N-methyl/N-ethyl adjacent to an activating group) is 1. The maximum absolute atomic E-state index is 12.8. The van der Waals surface area contributed by atoms with E-state index in [0.717, 1.165) is 22.5 Å². The number of aromatic nitrogens is 3. The van der Waals surface area contributed by atoms with E-state index >= 15 is 0 Å². The molecule has 1 atom stereocenters. The van der Waals surface area contributed by atoms with Crippen LogP contribution in [-0.4, -0.2) is 52.5 Å². The molecule has 0 bridgehead atoms. The molecule has 2 aromatic heterocycles. The molecule has 3 aromatic rings. The Morgan fingerprint density at radius 2 is 2.00 bits per heavy atom. The highest BCUT2D eigenvalue weighted by atomic mass is 16.2. The predicted octanol–water partition coefficient (Wildman–Crippen LogP) is 4.15. The number of H-pyrrole nitrogens is 1. The van der Waals surface area contributed by atoms with E-state index in [4.69, 9.17) is 0 Å². The molecule has 0 spiro atoms. The maximum atomic E-state index is 12.8. The average molecular weight is 459 g/mol. The highest BCUT2D eigenvalue weighted by molar-refractivity contribution is 5.99. The minimum absolute atomic E-state index is 0.112. The van der Waals surface area contributed by atoms with Crippen molar-refractivity contribution in [2.24, 2.45) is 0 Å². The van der Waals surface area contributed by atoms with Gasteiger partial charge in [-0.25, -0.2) is 0 Å². The van der Waals surface area contributed by atoms with Crippen LogP contribution in [0.25, 0.3) is 11.3 Å². The second kappa shape index (κ2) is 10.4. The van der Waals surface area contributed by atoms with Gasteiger partial charge in [0, 0.05) is 35.9 Å². The van der Waals surface area contributed by atoms with Gasteiger partial charge in [0.1, 0.15) is 0 Å². The van der Waals surface area contributed by atoms with Crippen LogP contribution in [0.5, 0.6) is 0 Å². The fraction of sp³-hybridized carbons (Fsp3) is 0.308. The lowest BCUT2D eigenvalue weighted by molar-refractivity contribution is -0.117. The molecule has 8 heteroatoms. The molecule has 1 unspecified atom stereocenters. The Morgan fingerprint density at radius 3 is 2.71 bits per heavy atom. The van der Waals surface area contributed by atoms with Crippen LogP contribution >= 0.6 is 0 Å². The van der Waals surface area contributed by atoms with Gasteiger partial charge >= 0.3 is 0 Å². The Balaban J connectivity index is 1.38. The quantitative estimate of drug-likeness (QED) is 0.418. The first-order valence-corrected chi connectivity index (χ1v) is 11.4. The predicted molar refractivity (Wildman–Crippen MR) is 134 cm³/mol. The third-order valence-corrected chi connectivity index (χ3v) is 5.71. The summed E-state index contributed by atoms with van der Waals surface area (Å²) in [6.45, 7) is 2.57. The number of carbonyl (C=O) groups excluding carboxylic acids is 2. The second-order valence-corrected chi connectivity index (χ2v) is 8.91. The summed E-state index contributed by atoms with van der Waals surface area (Å²) >= 11 is 0. The summed E-state index contributed by atoms with van der Waals surface area (Å²) in [6, 6.07) is 13.4. The lowest BCUT2D eigenvalue weighted by Gasteiger charge is -2.13. The fourth-order valence-electron chi connectivity index (χ4n) is 3.55. The molecule has 2 heterocycles. The van der Waals surface area contributed by atoms with Crippen molar-refractivity contribution in [3.05, 3.63) is 72.1 Å². The number of hydrogen-bond donors (Lipinski definition) is 3. The number of benzene rings is 1. The molecule has 8 nitrogen and oxygen atoms in total. The number of carbonyl (C=O) groups is 2. The molecule has 0 radical (unpaired) electrons. The molecule has 1 saturated carbocycles. The van der Waals surface area contributed by atoms with Crippen molar-refractivity contribution in [3.8, 4) is 11.3 Å².